The van der Waals surface area contributed by atoms with E-state index >= 15 is 0 Å². The second-order valence-electron chi connectivity index (χ2n) is 9.08. The van der Waals surface area contributed by atoms with Gasteiger partial charge in [0.05, 0.1) is 6.54 Å². The number of carbonyl (C=O) groups is 4. The second-order valence-corrected chi connectivity index (χ2v) is 10.8. The van der Waals surface area contributed by atoms with Gasteiger partial charge in [0.2, 0.25) is 17.7 Å². The van der Waals surface area contributed by atoms with Crippen LogP contribution in [0.4, 0.5) is 5.69 Å². The van der Waals surface area contributed by atoms with E-state index in [2.05, 4.69) is 16.0 Å². The molecule has 6 N–H and O–H groups in total. The average molecular weight is 515 g/mol. The number of thioether (sulfide) groups is 1. The minimum absolute atomic E-state index is 0.0210. The maximum Gasteiger partial charge on any atom is 0.327 e. The molecule has 4 atom stereocenters. The highest BCUT2D eigenvalue weighted by Gasteiger charge is 2.64. The molecule has 2 aliphatic heterocycles. The fourth-order valence-electron chi connectivity index (χ4n) is 4.32. The number of hydrogen-bond acceptors (Lipinski definition) is 8. The number of nitrogens with one attached hydrogen (secondary N) is 3. The number of amides is 3. The van der Waals surface area contributed by atoms with Crippen LogP contribution in [0.5, 0.6) is 11.5 Å². The maximum absolute atomic E-state index is 13.3. The van der Waals surface area contributed by atoms with Crippen LogP contribution in [0.15, 0.2) is 48.5 Å². The summed E-state index contributed by atoms with van der Waals surface area (Å²) < 4.78 is -0.740. The van der Waals surface area contributed by atoms with Gasteiger partial charge in [0.1, 0.15) is 35.0 Å². The standard InChI is InChI=1S/C24H26N4O7S/c1-24(2)19(23(34)35)28-21(33)18(22(28)36-24)27-20(32)17(12-3-7-14(29)8-4-12)26-16(31)11-25-13-5-9-15(30)10-6-13/h3-10,17-19,22,25,29-30H,11H2,1-2H3,(H,26,31)(H,27,32)(H,34,35)/t17?,18-,19+,22-/m1/s1. The molecule has 12 heteroatoms. The molecule has 3 amide bonds. The number of nitrogens with zero attached hydrogens (tertiary/aromatic N) is 1. The molecule has 2 aromatic carbocycles. The van der Waals surface area contributed by atoms with Crippen LogP contribution in [0.25, 0.3) is 0 Å². The molecule has 0 spiro atoms. The first-order valence-electron chi connectivity index (χ1n) is 11.1. The monoisotopic (exact) mass is 514 g/mol. The van der Waals surface area contributed by atoms with Crippen molar-refractivity contribution in [1.29, 1.82) is 0 Å². The van der Waals surface area contributed by atoms with Crippen molar-refractivity contribution in [2.24, 2.45) is 0 Å². The second kappa shape index (κ2) is 9.61. The number of phenolic OH excluding ortho intramolecular Hbond substituents is 2. The van der Waals surface area contributed by atoms with Gasteiger partial charge in [0, 0.05) is 10.4 Å². The zero-order chi connectivity index (χ0) is 26.2. The molecule has 11 nitrogen and oxygen atoms in total. The van der Waals surface area contributed by atoms with Crippen molar-refractivity contribution in [3.05, 3.63) is 54.1 Å². The van der Waals surface area contributed by atoms with Crippen LogP contribution < -0.4 is 16.0 Å². The molecule has 2 aromatic rings. The molecule has 0 aliphatic carbocycles. The molecule has 0 bridgehead atoms. The number of hydrogen-bond donors (Lipinski definition) is 6. The number of fused-ring (bicyclic) bond motifs is 1. The van der Waals surface area contributed by atoms with Gasteiger partial charge in [-0.3, -0.25) is 14.4 Å². The summed E-state index contributed by atoms with van der Waals surface area (Å²) in [6, 6.07) is 8.70. The van der Waals surface area contributed by atoms with Gasteiger partial charge in [-0.1, -0.05) is 12.1 Å². The van der Waals surface area contributed by atoms with Gasteiger partial charge in [-0.2, -0.15) is 0 Å². The van der Waals surface area contributed by atoms with E-state index in [-0.39, 0.29) is 18.0 Å². The SMILES string of the molecule is CC1(C)S[C@@H]2[C@H](NC(=O)C(NC(=O)CNc3ccc(O)cc3)c3ccc(O)cc3)C(=O)N2[C@H]1C(=O)O. The van der Waals surface area contributed by atoms with Crippen LogP contribution in [-0.2, 0) is 19.2 Å². The molecular formula is C24H26N4O7S. The highest BCUT2D eigenvalue weighted by molar-refractivity contribution is 8.01. The van der Waals surface area contributed by atoms with Crippen LogP contribution in [0, 0.1) is 0 Å². The summed E-state index contributed by atoms with van der Waals surface area (Å²) in [7, 11) is 0. The van der Waals surface area contributed by atoms with Gasteiger partial charge in [-0.15, -0.1) is 11.8 Å². The first-order valence-corrected chi connectivity index (χ1v) is 12.0. The molecule has 2 fully saturated rings. The number of carboxylic acid groups (broad SMARTS) is 1. The molecule has 0 radical (unpaired) electrons. The lowest BCUT2D eigenvalue weighted by atomic mass is 9.95. The summed E-state index contributed by atoms with van der Waals surface area (Å²) in [5, 5.41) is 36.2. The van der Waals surface area contributed by atoms with Crippen molar-refractivity contribution >= 4 is 41.1 Å². The molecule has 4 rings (SSSR count). The Balaban J connectivity index is 1.46. The lowest BCUT2D eigenvalue weighted by Crippen LogP contribution is -2.71. The molecule has 36 heavy (non-hydrogen) atoms. The van der Waals surface area contributed by atoms with E-state index in [9.17, 15) is 34.5 Å². The smallest absolute Gasteiger partial charge is 0.327 e. The highest BCUT2D eigenvalue weighted by atomic mass is 32.2. The molecule has 1 unspecified atom stereocenters. The Hall–Kier alpha value is -3.93. The van der Waals surface area contributed by atoms with Crippen molar-refractivity contribution in [2.75, 3.05) is 11.9 Å². The molecule has 2 saturated heterocycles. The van der Waals surface area contributed by atoms with Crippen molar-refractivity contribution in [1.82, 2.24) is 15.5 Å². The van der Waals surface area contributed by atoms with E-state index in [1.165, 1.54) is 53.1 Å². The Kier molecular flexibility index (Phi) is 6.72. The van der Waals surface area contributed by atoms with Crippen LogP contribution >= 0.6 is 11.8 Å². The number of rotatable bonds is 8. The van der Waals surface area contributed by atoms with Gasteiger partial charge < -0.3 is 36.2 Å². The van der Waals surface area contributed by atoms with Gasteiger partial charge >= 0.3 is 5.97 Å². The zero-order valence-electron chi connectivity index (χ0n) is 19.5. The highest BCUT2D eigenvalue weighted by Crippen LogP contribution is 2.50. The lowest BCUT2D eigenvalue weighted by molar-refractivity contribution is -0.161. The van der Waals surface area contributed by atoms with Gasteiger partial charge in [0.15, 0.2) is 0 Å². The van der Waals surface area contributed by atoms with Gasteiger partial charge in [0.25, 0.3) is 0 Å². The Labute approximate surface area is 210 Å². The number of aliphatic carboxylic acids is 1. The van der Waals surface area contributed by atoms with Crippen LogP contribution in [-0.4, -0.2) is 72.7 Å². The summed E-state index contributed by atoms with van der Waals surface area (Å²) in [4.78, 5) is 51.7. The van der Waals surface area contributed by atoms with Crippen LogP contribution in [0.1, 0.15) is 25.5 Å². The normalized spacial score (nSPS) is 22.7. The molecule has 2 heterocycles. The third-order valence-electron chi connectivity index (χ3n) is 6.09. The maximum atomic E-state index is 13.3. The zero-order valence-corrected chi connectivity index (χ0v) is 20.3. The summed E-state index contributed by atoms with van der Waals surface area (Å²) in [5.74, 6) is -2.70. The quantitative estimate of drug-likeness (QED) is 0.222. The van der Waals surface area contributed by atoms with Gasteiger partial charge in [-0.25, -0.2) is 4.79 Å². The lowest BCUT2D eigenvalue weighted by Gasteiger charge is -2.44. The molecule has 0 aromatic heterocycles. The van der Waals surface area contributed by atoms with Crippen molar-refractivity contribution in [3.63, 3.8) is 0 Å². The third-order valence-corrected chi connectivity index (χ3v) is 7.66. The average Bonchev–Trinajstić information content (AvgIpc) is 3.09. The topological polar surface area (TPSA) is 168 Å². The van der Waals surface area contributed by atoms with E-state index in [1.54, 1.807) is 26.0 Å². The first-order chi connectivity index (χ1) is 17.0. The van der Waals surface area contributed by atoms with E-state index in [0.717, 1.165) is 0 Å². The number of aromatic hydroxyl groups is 2. The number of phenols is 2. The minimum Gasteiger partial charge on any atom is -0.508 e. The molecule has 0 saturated carbocycles. The van der Waals surface area contributed by atoms with Gasteiger partial charge in [-0.05, 0) is 55.8 Å². The Morgan fingerprint density at radius 2 is 1.61 bits per heavy atom. The van der Waals surface area contributed by atoms with E-state index < -0.39 is 51.9 Å². The summed E-state index contributed by atoms with van der Waals surface area (Å²) >= 11 is 1.30. The van der Waals surface area contributed by atoms with Crippen molar-refractivity contribution < 1.29 is 34.5 Å². The van der Waals surface area contributed by atoms with E-state index in [4.69, 9.17) is 0 Å². The molecular weight excluding hydrogens is 488 g/mol. The minimum atomic E-state index is -1.17. The number of benzene rings is 2. The number of β-lactam (4-membered cyclic amide) rings is 1. The molecule has 2 aliphatic rings. The molecule has 190 valence electrons. The van der Waals surface area contributed by atoms with E-state index in [0.29, 0.717) is 11.3 Å². The predicted octanol–water partition coefficient (Wildman–Crippen LogP) is 0.999. The Bertz CT molecular complexity index is 1190. The summed E-state index contributed by atoms with van der Waals surface area (Å²) in [6.07, 6.45) is 0. The van der Waals surface area contributed by atoms with E-state index in [1.807, 2.05) is 0 Å². The Morgan fingerprint density at radius 1 is 1.03 bits per heavy atom. The first kappa shape index (κ1) is 25.2. The van der Waals surface area contributed by atoms with Crippen molar-refractivity contribution in [2.45, 2.75) is 42.1 Å². The number of anilines is 1. The van der Waals surface area contributed by atoms with Crippen LogP contribution in [0.3, 0.4) is 0 Å². The number of carbonyl (C=O) groups excluding carboxylic acids is 3. The predicted molar refractivity (Wildman–Crippen MR) is 131 cm³/mol. The fraction of sp³-hybridized carbons (Fsp3) is 0.333. The number of carboxylic acids is 1. The third kappa shape index (κ3) is 4.89. The fourth-order valence-corrected chi connectivity index (χ4v) is 5.95. The summed E-state index contributed by atoms with van der Waals surface area (Å²) in [6.45, 7) is 3.30. The summed E-state index contributed by atoms with van der Waals surface area (Å²) in [5.41, 5.74) is 0.970. The Morgan fingerprint density at radius 3 is 2.19 bits per heavy atom. The largest absolute Gasteiger partial charge is 0.508 e. The van der Waals surface area contributed by atoms with Crippen LogP contribution in [0.2, 0.25) is 0 Å². The van der Waals surface area contributed by atoms with Crippen molar-refractivity contribution in [3.8, 4) is 11.5 Å².